The lowest BCUT2D eigenvalue weighted by Gasteiger charge is -2.31. The largest absolute Gasteiger partial charge is 0.457 e. The van der Waals surface area contributed by atoms with Gasteiger partial charge in [0.1, 0.15) is 17.3 Å². The van der Waals surface area contributed by atoms with Gasteiger partial charge in [0, 0.05) is 25.8 Å². The van der Waals surface area contributed by atoms with Crippen molar-refractivity contribution in [1.29, 1.82) is 0 Å². The zero-order chi connectivity index (χ0) is 16.9. The SMILES string of the molecule is COC1CCN(C(=O)c2ccc(Oc3ccc(F)cc3)cc2)CC1. The molecule has 0 aromatic heterocycles. The summed E-state index contributed by atoms with van der Waals surface area (Å²) >= 11 is 0. The first-order valence-electron chi connectivity index (χ1n) is 8.01. The summed E-state index contributed by atoms with van der Waals surface area (Å²) in [4.78, 5) is 14.4. The van der Waals surface area contributed by atoms with Gasteiger partial charge in [-0.25, -0.2) is 4.39 Å². The molecule has 2 aromatic rings. The Bertz CT molecular complexity index is 677. The summed E-state index contributed by atoms with van der Waals surface area (Å²) in [6, 6.07) is 12.8. The van der Waals surface area contributed by atoms with Crippen LogP contribution in [0.2, 0.25) is 0 Å². The minimum atomic E-state index is -0.305. The zero-order valence-corrected chi connectivity index (χ0v) is 13.6. The molecule has 0 N–H and O–H groups in total. The van der Waals surface area contributed by atoms with E-state index in [1.165, 1.54) is 12.1 Å². The normalized spacial score (nSPS) is 15.3. The first-order chi connectivity index (χ1) is 11.7. The van der Waals surface area contributed by atoms with Crippen LogP contribution in [0.15, 0.2) is 48.5 Å². The highest BCUT2D eigenvalue weighted by Crippen LogP contribution is 2.23. The quantitative estimate of drug-likeness (QED) is 0.855. The van der Waals surface area contributed by atoms with Gasteiger partial charge in [-0.3, -0.25) is 4.79 Å². The number of piperidine rings is 1. The topological polar surface area (TPSA) is 38.8 Å². The van der Waals surface area contributed by atoms with Crippen LogP contribution in [0.3, 0.4) is 0 Å². The van der Waals surface area contributed by atoms with E-state index in [-0.39, 0.29) is 17.8 Å². The second-order valence-electron chi connectivity index (χ2n) is 5.81. The van der Waals surface area contributed by atoms with Crippen LogP contribution in [-0.4, -0.2) is 37.1 Å². The van der Waals surface area contributed by atoms with Crippen molar-refractivity contribution in [3.63, 3.8) is 0 Å². The van der Waals surface area contributed by atoms with E-state index >= 15 is 0 Å². The van der Waals surface area contributed by atoms with Crippen molar-refractivity contribution in [3.8, 4) is 11.5 Å². The maximum Gasteiger partial charge on any atom is 0.253 e. The molecule has 0 spiro atoms. The number of rotatable bonds is 4. The van der Waals surface area contributed by atoms with Crippen LogP contribution in [0.25, 0.3) is 0 Å². The van der Waals surface area contributed by atoms with Crippen molar-refractivity contribution in [2.75, 3.05) is 20.2 Å². The van der Waals surface area contributed by atoms with E-state index in [0.29, 0.717) is 30.2 Å². The second-order valence-corrected chi connectivity index (χ2v) is 5.81. The third-order valence-electron chi connectivity index (χ3n) is 4.21. The fraction of sp³-hybridized carbons (Fsp3) is 0.316. The Morgan fingerprint density at radius 2 is 1.54 bits per heavy atom. The molecule has 1 fully saturated rings. The van der Waals surface area contributed by atoms with Crippen LogP contribution in [-0.2, 0) is 4.74 Å². The van der Waals surface area contributed by atoms with Gasteiger partial charge in [0.15, 0.2) is 0 Å². The van der Waals surface area contributed by atoms with Gasteiger partial charge in [0.25, 0.3) is 5.91 Å². The van der Waals surface area contributed by atoms with E-state index in [1.807, 2.05) is 4.90 Å². The third-order valence-corrected chi connectivity index (χ3v) is 4.21. The summed E-state index contributed by atoms with van der Waals surface area (Å²) in [5.74, 6) is 0.881. The van der Waals surface area contributed by atoms with Crippen LogP contribution < -0.4 is 4.74 Å². The number of carbonyl (C=O) groups is 1. The molecular formula is C19H20FNO3. The summed E-state index contributed by atoms with van der Waals surface area (Å²) in [5, 5.41) is 0. The highest BCUT2D eigenvalue weighted by atomic mass is 19.1. The molecule has 0 aliphatic carbocycles. The molecule has 0 bridgehead atoms. The van der Waals surface area contributed by atoms with E-state index in [9.17, 15) is 9.18 Å². The molecule has 1 saturated heterocycles. The summed E-state index contributed by atoms with van der Waals surface area (Å²) < 4.78 is 23.8. The number of ether oxygens (including phenoxy) is 2. The number of carbonyl (C=O) groups excluding carboxylic acids is 1. The number of likely N-dealkylation sites (tertiary alicyclic amines) is 1. The van der Waals surface area contributed by atoms with Crippen molar-refractivity contribution in [1.82, 2.24) is 4.90 Å². The van der Waals surface area contributed by atoms with Crippen LogP contribution in [0.4, 0.5) is 4.39 Å². The molecular weight excluding hydrogens is 309 g/mol. The number of hydrogen-bond acceptors (Lipinski definition) is 3. The molecule has 2 aromatic carbocycles. The molecule has 3 rings (SSSR count). The highest BCUT2D eigenvalue weighted by Gasteiger charge is 2.23. The van der Waals surface area contributed by atoms with Gasteiger partial charge in [-0.05, 0) is 61.4 Å². The molecule has 1 aliphatic heterocycles. The lowest BCUT2D eigenvalue weighted by atomic mass is 10.1. The standard InChI is InChI=1S/C19H20FNO3/c1-23-16-10-12-21(13-11-16)19(22)14-2-6-17(7-3-14)24-18-8-4-15(20)5-9-18/h2-9,16H,10-13H2,1H3. The van der Waals surface area contributed by atoms with E-state index in [2.05, 4.69) is 0 Å². The Kier molecular flexibility index (Phi) is 5.11. The zero-order valence-electron chi connectivity index (χ0n) is 13.6. The number of methoxy groups -OCH3 is 1. The van der Waals surface area contributed by atoms with E-state index in [4.69, 9.17) is 9.47 Å². The average Bonchev–Trinajstić information content (AvgIpc) is 2.64. The van der Waals surface area contributed by atoms with E-state index in [1.54, 1.807) is 43.5 Å². The molecule has 1 heterocycles. The van der Waals surface area contributed by atoms with Crippen molar-refractivity contribution in [2.24, 2.45) is 0 Å². The van der Waals surface area contributed by atoms with Gasteiger partial charge in [0.2, 0.25) is 0 Å². The Balaban J connectivity index is 1.61. The minimum absolute atomic E-state index is 0.0258. The van der Waals surface area contributed by atoms with Crippen LogP contribution in [0.1, 0.15) is 23.2 Å². The molecule has 0 unspecified atom stereocenters. The Labute approximate surface area is 140 Å². The average molecular weight is 329 g/mol. The predicted octanol–water partition coefficient (Wildman–Crippen LogP) is 3.87. The van der Waals surface area contributed by atoms with Gasteiger partial charge in [-0.1, -0.05) is 0 Å². The number of amides is 1. The molecule has 0 saturated carbocycles. The van der Waals surface area contributed by atoms with Crippen molar-refractivity contribution < 1.29 is 18.7 Å². The molecule has 4 nitrogen and oxygen atoms in total. The van der Waals surface area contributed by atoms with Crippen LogP contribution >= 0.6 is 0 Å². The number of nitrogens with zero attached hydrogens (tertiary/aromatic N) is 1. The van der Waals surface area contributed by atoms with Gasteiger partial charge >= 0.3 is 0 Å². The second kappa shape index (κ2) is 7.45. The maximum atomic E-state index is 12.9. The molecule has 24 heavy (non-hydrogen) atoms. The Morgan fingerprint density at radius 1 is 1.00 bits per heavy atom. The highest BCUT2D eigenvalue weighted by molar-refractivity contribution is 5.94. The van der Waals surface area contributed by atoms with Crippen LogP contribution in [0.5, 0.6) is 11.5 Å². The lowest BCUT2D eigenvalue weighted by molar-refractivity contribution is 0.0351. The molecule has 126 valence electrons. The summed E-state index contributed by atoms with van der Waals surface area (Å²) in [7, 11) is 1.71. The monoisotopic (exact) mass is 329 g/mol. The summed E-state index contributed by atoms with van der Waals surface area (Å²) in [6.07, 6.45) is 1.99. The first-order valence-corrected chi connectivity index (χ1v) is 8.01. The van der Waals surface area contributed by atoms with Crippen molar-refractivity contribution in [3.05, 3.63) is 59.9 Å². The molecule has 1 aliphatic rings. The fourth-order valence-electron chi connectivity index (χ4n) is 2.78. The number of benzene rings is 2. The lowest BCUT2D eigenvalue weighted by Crippen LogP contribution is -2.40. The minimum Gasteiger partial charge on any atom is -0.457 e. The van der Waals surface area contributed by atoms with Gasteiger partial charge < -0.3 is 14.4 Å². The molecule has 1 amide bonds. The maximum absolute atomic E-state index is 12.9. The first kappa shape index (κ1) is 16.5. The number of hydrogen-bond donors (Lipinski definition) is 0. The Morgan fingerprint density at radius 3 is 2.08 bits per heavy atom. The molecule has 0 atom stereocenters. The van der Waals surface area contributed by atoms with Gasteiger partial charge in [0.05, 0.1) is 6.10 Å². The van der Waals surface area contributed by atoms with Gasteiger partial charge in [-0.15, -0.1) is 0 Å². The fourth-order valence-corrected chi connectivity index (χ4v) is 2.78. The smallest absolute Gasteiger partial charge is 0.253 e. The molecule has 0 radical (unpaired) electrons. The van der Waals surface area contributed by atoms with E-state index < -0.39 is 0 Å². The van der Waals surface area contributed by atoms with Crippen molar-refractivity contribution in [2.45, 2.75) is 18.9 Å². The number of halogens is 1. The Hall–Kier alpha value is -2.40. The van der Waals surface area contributed by atoms with Crippen molar-refractivity contribution >= 4 is 5.91 Å². The predicted molar refractivity (Wildman–Crippen MR) is 88.9 cm³/mol. The van der Waals surface area contributed by atoms with E-state index in [0.717, 1.165) is 12.8 Å². The molecule has 5 heteroatoms. The third kappa shape index (κ3) is 3.92. The van der Waals surface area contributed by atoms with Crippen LogP contribution in [0, 0.1) is 5.82 Å². The summed E-state index contributed by atoms with van der Waals surface area (Å²) in [5.41, 5.74) is 0.636. The van der Waals surface area contributed by atoms with Gasteiger partial charge in [-0.2, -0.15) is 0 Å². The summed E-state index contributed by atoms with van der Waals surface area (Å²) in [6.45, 7) is 1.43.